The van der Waals surface area contributed by atoms with Gasteiger partial charge in [-0.3, -0.25) is 4.79 Å². The highest BCUT2D eigenvalue weighted by atomic mass is 32.1. The Hall–Kier alpha value is -3.72. The van der Waals surface area contributed by atoms with Crippen molar-refractivity contribution in [3.63, 3.8) is 0 Å². The smallest absolute Gasteiger partial charge is 0.259 e. The average molecular weight is 456 g/mol. The molecule has 0 spiro atoms. The SMILES string of the molecule is COc1cc(O)c(C(=O)NCCc2ccc(N=C(N)c3cccs3)cc2)c(OC)c1OC. The van der Waals surface area contributed by atoms with Crippen LogP contribution in [-0.4, -0.2) is 44.7 Å². The number of amidine groups is 1. The van der Waals surface area contributed by atoms with Gasteiger partial charge in [-0.05, 0) is 35.6 Å². The summed E-state index contributed by atoms with van der Waals surface area (Å²) >= 11 is 1.54. The van der Waals surface area contributed by atoms with Crippen molar-refractivity contribution in [2.45, 2.75) is 6.42 Å². The van der Waals surface area contributed by atoms with Gasteiger partial charge in [0, 0.05) is 12.6 Å². The van der Waals surface area contributed by atoms with Crippen molar-refractivity contribution in [1.29, 1.82) is 0 Å². The normalized spacial score (nSPS) is 11.2. The molecule has 0 saturated carbocycles. The van der Waals surface area contributed by atoms with Gasteiger partial charge in [0.05, 0.1) is 31.9 Å². The molecule has 2 aromatic carbocycles. The molecule has 0 saturated heterocycles. The molecule has 0 aliphatic rings. The Morgan fingerprint density at radius 3 is 2.41 bits per heavy atom. The first-order chi connectivity index (χ1) is 15.5. The fraction of sp³-hybridized carbons (Fsp3) is 0.217. The van der Waals surface area contributed by atoms with Gasteiger partial charge in [-0.2, -0.15) is 0 Å². The van der Waals surface area contributed by atoms with Gasteiger partial charge in [0.25, 0.3) is 5.91 Å². The summed E-state index contributed by atoms with van der Waals surface area (Å²) < 4.78 is 15.8. The third kappa shape index (κ3) is 5.12. The number of nitrogens with one attached hydrogen (secondary N) is 1. The highest BCUT2D eigenvalue weighted by Crippen LogP contribution is 2.44. The molecule has 0 radical (unpaired) electrons. The summed E-state index contributed by atoms with van der Waals surface area (Å²) in [6, 6.07) is 12.8. The number of benzene rings is 2. The number of nitrogens with zero attached hydrogens (tertiary/aromatic N) is 1. The molecule has 8 nitrogen and oxygen atoms in total. The van der Waals surface area contributed by atoms with Gasteiger partial charge in [0.2, 0.25) is 5.75 Å². The first kappa shape index (κ1) is 23.0. The third-order valence-electron chi connectivity index (χ3n) is 4.70. The molecule has 0 unspecified atom stereocenters. The standard InChI is InChI=1S/C23H25N3O5S/c1-29-17-13-16(27)19(21(31-3)20(17)30-2)23(28)25-11-10-14-6-8-15(9-7-14)26-22(24)18-5-4-12-32-18/h4-9,12-13,27H,10-11H2,1-3H3,(H2,24,26)(H,25,28). The largest absolute Gasteiger partial charge is 0.507 e. The predicted octanol–water partition coefficient (Wildman–Crippen LogP) is 3.49. The molecule has 0 fully saturated rings. The van der Waals surface area contributed by atoms with Crippen LogP contribution in [0, 0.1) is 0 Å². The van der Waals surface area contributed by atoms with E-state index in [4.69, 9.17) is 19.9 Å². The van der Waals surface area contributed by atoms with Crippen LogP contribution in [0.2, 0.25) is 0 Å². The molecule has 168 valence electrons. The minimum Gasteiger partial charge on any atom is -0.507 e. The topological polar surface area (TPSA) is 115 Å². The Balaban J connectivity index is 1.64. The molecule has 1 aromatic heterocycles. The molecule has 1 heterocycles. The maximum absolute atomic E-state index is 12.7. The summed E-state index contributed by atoms with van der Waals surface area (Å²) in [5, 5.41) is 15.1. The molecular formula is C23H25N3O5S. The third-order valence-corrected chi connectivity index (χ3v) is 5.59. The minimum absolute atomic E-state index is 0.0149. The Morgan fingerprint density at radius 2 is 1.81 bits per heavy atom. The van der Waals surface area contributed by atoms with Crippen molar-refractivity contribution in [3.8, 4) is 23.0 Å². The first-order valence-electron chi connectivity index (χ1n) is 9.75. The van der Waals surface area contributed by atoms with Gasteiger partial charge in [-0.15, -0.1) is 11.3 Å². The van der Waals surface area contributed by atoms with Gasteiger partial charge in [-0.1, -0.05) is 18.2 Å². The number of amides is 1. The summed E-state index contributed by atoms with van der Waals surface area (Å²) in [5.41, 5.74) is 7.77. The lowest BCUT2D eigenvalue weighted by Gasteiger charge is -2.17. The highest BCUT2D eigenvalue weighted by molar-refractivity contribution is 7.12. The fourth-order valence-corrected chi connectivity index (χ4v) is 3.75. The number of phenols is 1. The van der Waals surface area contributed by atoms with Gasteiger partial charge in [0.1, 0.15) is 17.1 Å². The van der Waals surface area contributed by atoms with E-state index >= 15 is 0 Å². The summed E-state index contributed by atoms with van der Waals surface area (Å²) in [6.07, 6.45) is 0.590. The van der Waals surface area contributed by atoms with Gasteiger partial charge < -0.3 is 30.4 Å². The van der Waals surface area contributed by atoms with Crippen LogP contribution in [0.5, 0.6) is 23.0 Å². The van der Waals surface area contributed by atoms with Crippen LogP contribution in [0.25, 0.3) is 0 Å². The zero-order valence-electron chi connectivity index (χ0n) is 18.0. The number of ether oxygens (including phenoxy) is 3. The van der Waals surface area contributed by atoms with Crippen LogP contribution >= 0.6 is 11.3 Å². The lowest BCUT2D eigenvalue weighted by Crippen LogP contribution is -2.26. The molecule has 9 heteroatoms. The monoisotopic (exact) mass is 455 g/mol. The summed E-state index contributed by atoms with van der Waals surface area (Å²) in [5.74, 6) is 0.334. The van der Waals surface area contributed by atoms with Crippen molar-refractivity contribution in [2.75, 3.05) is 27.9 Å². The number of methoxy groups -OCH3 is 3. The number of thiophene rings is 1. The van der Waals surface area contributed by atoms with E-state index in [9.17, 15) is 9.90 Å². The molecule has 4 N–H and O–H groups in total. The van der Waals surface area contributed by atoms with Gasteiger partial charge in [-0.25, -0.2) is 4.99 Å². The predicted molar refractivity (Wildman–Crippen MR) is 125 cm³/mol. The van der Waals surface area contributed by atoms with Crippen molar-refractivity contribution in [1.82, 2.24) is 5.32 Å². The lowest BCUT2D eigenvalue weighted by molar-refractivity contribution is 0.0947. The number of phenolic OH excluding ortho intramolecular Hbond substituents is 1. The average Bonchev–Trinajstić information content (AvgIpc) is 3.34. The summed E-state index contributed by atoms with van der Waals surface area (Å²) in [6.45, 7) is 0.357. The number of hydrogen-bond donors (Lipinski definition) is 3. The van der Waals surface area contributed by atoms with E-state index in [1.807, 2.05) is 41.8 Å². The molecule has 0 bridgehead atoms. The summed E-state index contributed by atoms with van der Waals surface area (Å²) in [7, 11) is 4.26. The first-order valence-corrected chi connectivity index (χ1v) is 10.6. The molecule has 32 heavy (non-hydrogen) atoms. The van der Waals surface area contributed by atoms with E-state index < -0.39 is 5.91 Å². The zero-order valence-corrected chi connectivity index (χ0v) is 18.9. The van der Waals surface area contributed by atoms with Crippen molar-refractivity contribution in [2.24, 2.45) is 10.7 Å². The maximum Gasteiger partial charge on any atom is 0.259 e. The Morgan fingerprint density at radius 1 is 1.09 bits per heavy atom. The highest BCUT2D eigenvalue weighted by Gasteiger charge is 2.25. The van der Waals surface area contributed by atoms with Gasteiger partial charge >= 0.3 is 0 Å². The van der Waals surface area contributed by atoms with E-state index in [-0.39, 0.29) is 28.6 Å². The molecule has 1 amide bonds. The second kappa shape index (κ2) is 10.5. The Kier molecular flexibility index (Phi) is 7.56. The second-order valence-electron chi connectivity index (χ2n) is 6.69. The van der Waals surface area contributed by atoms with E-state index in [2.05, 4.69) is 10.3 Å². The second-order valence-corrected chi connectivity index (χ2v) is 7.63. The van der Waals surface area contributed by atoms with Crippen LogP contribution in [-0.2, 0) is 6.42 Å². The lowest BCUT2D eigenvalue weighted by atomic mass is 10.1. The van der Waals surface area contributed by atoms with Crippen molar-refractivity contribution in [3.05, 3.63) is 63.8 Å². The summed E-state index contributed by atoms with van der Waals surface area (Å²) in [4.78, 5) is 18.1. The van der Waals surface area contributed by atoms with Crippen LogP contribution in [0.4, 0.5) is 5.69 Å². The van der Waals surface area contributed by atoms with Crippen LogP contribution in [0.1, 0.15) is 20.8 Å². The quantitative estimate of drug-likeness (QED) is 0.336. The molecule has 3 rings (SSSR count). The Bertz CT molecular complexity index is 1100. The molecule has 0 atom stereocenters. The zero-order chi connectivity index (χ0) is 23.1. The van der Waals surface area contributed by atoms with E-state index in [0.29, 0.717) is 18.8 Å². The van der Waals surface area contributed by atoms with E-state index in [0.717, 1.165) is 16.1 Å². The van der Waals surface area contributed by atoms with Crippen molar-refractivity contribution >= 4 is 28.8 Å². The van der Waals surface area contributed by atoms with E-state index in [1.54, 1.807) is 0 Å². The van der Waals surface area contributed by atoms with Crippen molar-refractivity contribution < 1.29 is 24.1 Å². The number of hydrogen-bond acceptors (Lipinski definition) is 7. The molecule has 3 aromatic rings. The number of aromatic hydroxyl groups is 1. The van der Waals surface area contributed by atoms with Gasteiger partial charge in [0.15, 0.2) is 11.5 Å². The number of carbonyl (C=O) groups excluding carboxylic acids is 1. The fourth-order valence-electron chi connectivity index (χ4n) is 3.13. The maximum atomic E-state index is 12.7. The molecular weight excluding hydrogens is 430 g/mol. The van der Waals surface area contributed by atoms with E-state index in [1.165, 1.54) is 38.7 Å². The van der Waals surface area contributed by atoms with Crippen LogP contribution in [0.3, 0.4) is 0 Å². The number of rotatable bonds is 9. The van der Waals surface area contributed by atoms with Crippen LogP contribution < -0.4 is 25.3 Å². The number of nitrogens with two attached hydrogens (primary N) is 1. The number of aliphatic imine (C=N–C) groups is 1. The molecule has 0 aliphatic carbocycles. The minimum atomic E-state index is -0.481. The molecule has 0 aliphatic heterocycles. The van der Waals surface area contributed by atoms with Crippen LogP contribution in [0.15, 0.2) is 52.8 Å². The Labute approximate surface area is 190 Å². The number of carbonyl (C=O) groups is 1.